The van der Waals surface area contributed by atoms with Crippen LogP contribution in [0.15, 0.2) is 18.2 Å². The van der Waals surface area contributed by atoms with Crippen LogP contribution in [-0.4, -0.2) is 13.1 Å². The largest absolute Gasteiger partial charge is 0.496 e. The summed E-state index contributed by atoms with van der Waals surface area (Å²) < 4.78 is 5.21. The van der Waals surface area contributed by atoms with E-state index in [1.807, 2.05) is 12.1 Å². The number of methoxy groups -OCH3 is 1. The van der Waals surface area contributed by atoms with Crippen molar-refractivity contribution < 1.29 is 4.74 Å². The van der Waals surface area contributed by atoms with Crippen LogP contribution in [0.1, 0.15) is 12.5 Å². The Morgan fingerprint density at radius 3 is 2.77 bits per heavy atom. The first-order valence-corrected chi connectivity index (χ1v) is 4.82. The third-order valence-electron chi connectivity index (χ3n) is 1.93. The number of rotatable bonds is 4. The first-order valence-electron chi connectivity index (χ1n) is 4.28. The summed E-state index contributed by atoms with van der Waals surface area (Å²) in [5, 5.41) is 3.04. The van der Waals surface area contributed by atoms with Gasteiger partial charge in [-0.05, 0) is 30.2 Å². The number of alkyl halides is 1. The van der Waals surface area contributed by atoms with E-state index in [0.717, 1.165) is 17.9 Å². The molecule has 0 aliphatic heterocycles. The van der Waals surface area contributed by atoms with E-state index in [2.05, 4.69) is 18.3 Å². The lowest BCUT2D eigenvalue weighted by Gasteiger charge is -2.09. The normalized spacial score (nSPS) is 9.77. The highest BCUT2D eigenvalue weighted by Crippen LogP contribution is 2.22. The molecular formula is C10H14ClNO. The average molecular weight is 200 g/mol. The van der Waals surface area contributed by atoms with Crippen molar-refractivity contribution in [1.82, 2.24) is 0 Å². The maximum absolute atomic E-state index is 5.56. The number of halogens is 1. The number of aryl methyl sites for hydroxylation is 1. The third kappa shape index (κ3) is 2.52. The van der Waals surface area contributed by atoms with Crippen molar-refractivity contribution in [2.45, 2.75) is 13.3 Å². The van der Waals surface area contributed by atoms with Gasteiger partial charge in [0.1, 0.15) is 5.75 Å². The van der Waals surface area contributed by atoms with Gasteiger partial charge < -0.3 is 10.1 Å². The highest BCUT2D eigenvalue weighted by atomic mass is 35.5. The van der Waals surface area contributed by atoms with E-state index in [1.165, 1.54) is 5.56 Å². The SMILES string of the molecule is CCc1cc(NCCl)ccc1OC. The smallest absolute Gasteiger partial charge is 0.122 e. The highest BCUT2D eigenvalue weighted by molar-refractivity contribution is 6.18. The van der Waals surface area contributed by atoms with Crippen molar-refractivity contribution in [2.24, 2.45) is 0 Å². The van der Waals surface area contributed by atoms with E-state index in [1.54, 1.807) is 7.11 Å². The molecule has 0 saturated carbocycles. The Kier molecular flexibility index (Phi) is 3.90. The quantitative estimate of drug-likeness (QED) is 0.595. The second kappa shape index (κ2) is 4.97. The second-order valence-corrected chi connectivity index (χ2v) is 2.96. The standard InChI is InChI=1S/C10H14ClNO/c1-3-8-6-9(12-7-11)4-5-10(8)13-2/h4-6,12H,3,7H2,1-2H3. The minimum Gasteiger partial charge on any atom is -0.496 e. The van der Waals surface area contributed by atoms with E-state index < -0.39 is 0 Å². The summed E-state index contributed by atoms with van der Waals surface area (Å²) in [6.45, 7) is 2.10. The van der Waals surface area contributed by atoms with E-state index in [-0.39, 0.29) is 0 Å². The number of ether oxygens (including phenoxy) is 1. The van der Waals surface area contributed by atoms with Crippen molar-refractivity contribution in [3.8, 4) is 5.75 Å². The number of anilines is 1. The van der Waals surface area contributed by atoms with Gasteiger partial charge in [0.2, 0.25) is 0 Å². The fraction of sp³-hybridized carbons (Fsp3) is 0.400. The van der Waals surface area contributed by atoms with E-state index >= 15 is 0 Å². The first-order chi connectivity index (χ1) is 6.31. The molecule has 1 N–H and O–H groups in total. The molecule has 0 atom stereocenters. The Bertz CT molecular complexity index is 276. The van der Waals surface area contributed by atoms with Gasteiger partial charge in [0, 0.05) is 5.69 Å². The minimum atomic E-state index is 0.426. The monoisotopic (exact) mass is 199 g/mol. The van der Waals surface area contributed by atoms with Gasteiger partial charge >= 0.3 is 0 Å². The number of nitrogens with one attached hydrogen (secondary N) is 1. The molecule has 0 aliphatic carbocycles. The zero-order chi connectivity index (χ0) is 9.68. The van der Waals surface area contributed by atoms with Crippen LogP contribution in [0, 0.1) is 0 Å². The van der Waals surface area contributed by atoms with E-state index in [0.29, 0.717) is 6.00 Å². The Hall–Kier alpha value is -0.890. The highest BCUT2D eigenvalue weighted by Gasteiger charge is 2.01. The van der Waals surface area contributed by atoms with Gasteiger partial charge in [0.05, 0.1) is 13.1 Å². The zero-order valence-corrected chi connectivity index (χ0v) is 8.69. The topological polar surface area (TPSA) is 21.3 Å². The van der Waals surface area contributed by atoms with Gasteiger partial charge in [-0.2, -0.15) is 0 Å². The van der Waals surface area contributed by atoms with Gasteiger partial charge in [-0.3, -0.25) is 0 Å². The molecule has 72 valence electrons. The van der Waals surface area contributed by atoms with Crippen LogP contribution in [0.5, 0.6) is 5.75 Å². The Balaban J connectivity index is 2.91. The molecule has 0 bridgehead atoms. The van der Waals surface area contributed by atoms with Gasteiger partial charge in [0.25, 0.3) is 0 Å². The summed E-state index contributed by atoms with van der Waals surface area (Å²) in [5.74, 6) is 0.933. The van der Waals surface area contributed by atoms with E-state index in [9.17, 15) is 0 Å². The lowest BCUT2D eigenvalue weighted by atomic mass is 10.1. The Labute approximate surface area is 83.9 Å². The molecule has 1 aromatic carbocycles. The summed E-state index contributed by atoms with van der Waals surface area (Å²) in [5.41, 5.74) is 2.23. The van der Waals surface area contributed by atoms with Gasteiger partial charge in [0.15, 0.2) is 0 Å². The van der Waals surface area contributed by atoms with Gasteiger partial charge in [-0.1, -0.05) is 6.92 Å². The van der Waals surface area contributed by atoms with Crippen molar-refractivity contribution >= 4 is 17.3 Å². The average Bonchev–Trinajstić information content (AvgIpc) is 2.18. The van der Waals surface area contributed by atoms with Crippen molar-refractivity contribution in [3.05, 3.63) is 23.8 Å². The zero-order valence-electron chi connectivity index (χ0n) is 7.93. The second-order valence-electron chi connectivity index (χ2n) is 2.69. The van der Waals surface area contributed by atoms with Crippen LogP contribution >= 0.6 is 11.6 Å². The van der Waals surface area contributed by atoms with E-state index in [4.69, 9.17) is 16.3 Å². The summed E-state index contributed by atoms with van der Waals surface area (Å²) in [6.07, 6.45) is 0.959. The van der Waals surface area contributed by atoms with Crippen LogP contribution in [0.25, 0.3) is 0 Å². The molecular weight excluding hydrogens is 186 g/mol. The maximum atomic E-state index is 5.56. The first kappa shape index (κ1) is 10.2. The number of hydrogen-bond acceptors (Lipinski definition) is 2. The summed E-state index contributed by atoms with van der Waals surface area (Å²) >= 11 is 5.56. The van der Waals surface area contributed by atoms with Crippen LogP contribution in [0.3, 0.4) is 0 Å². The molecule has 0 unspecified atom stereocenters. The van der Waals surface area contributed by atoms with Crippen LogP contribution in [0.2, 0.25) is 0 Å². The predicted molar refractivity (Wildman–Crippen MR) is 56.7 cm³/mol. The lowest BCUT2D eigenvalue weighted by Crippen LogP contribution is -1.96. The molecule has 0 amide bonds. The van der Waals surface area contributed by atoms with Crippen LogP contribution in [-0.2, 0) is 6.42 Å². The Morgan fingerprint density at radius 2 is 2.23 bits per heavy atom. The lowest BCUT2D eigenvalue weighted by molar-refractivity contribution is 0.410. The van der Waals surface area contributed by atoms with Crippen molar-refractivity contribution in [1.29, 1.82) is 0 Å². The van der Waals surface area contributed by atoms with Gasteiger partial charge in [-0.15, -0.1) is 11.6 Å². The molecule has 3 heteroatoms. The molecule has 2 nitrogen and oxygen atoms in total. The number of benzene rings is 1. The van der Waals surface area contributed by atoms with Crippen molar-refractivity contribution in [3.63, 3.8) is 0 Å². The Morgan fingerprint density at radius 1 is 1.46 bits per heavy atom. The minimum absolute atomic E-state index is 0.426. The van der Waals surface area contributed by atoms with Crippen LogP contribution in [0.4, 0.5) is 5.69 Å². The molecule has 0 radical (unpaired) electrons. The summed E-state index contributed by atoms with van der Waals surface area (Å²) in [6, 6.07) is 6.39. The summed E-state index contributed by atoms with van der Waals surface area (Å²) in [7, 11) is 1.68. The third-order valence-corrected chi connectivity index (χ3v) is 2.07. The molecule has 0 saturated heterocycles. The molecule has 0 spiro atoms. The predicted octanol–water partition coefficient (Wildman–Crippen LogP) is 2.87. The molecule has 0 heterocycles. The number of hydrogen-bond donors (Lipinski definition) is 1. The molecule has 1 rings (SSSR count). The van der Waals surface area contributed by atoms with Crippen molar-refractivity contribution in [2.75, 3.05) is 18.4 Å². The molecule has 0 fully saturated rings. The fourth-order valence-corrected chi connectivity index (χ4v) is 1.40. The van der Waals surface area contributed by atoms with Crippen LogP contribution < -0.4 is 10.1 Å². The van der Waals surface area contributed by atoms with Gasteiger partial charge in [-0.25, -0.2) is 0 Å². The summed E-state index contributed by atoms with van der Waals surface area (Å²) in [4.78, 5) is 0. The molecule has 1 aromatic rings. The molecule has 0 aliphatic rings. The molecule has 0 aromatic heterocycles. The maximum Gasteiger partial charge on any atom is 0.122 e. The molecule has 13 heavy (non-hydrogen) atoms. The fourth-order valence-electron chi connectivity index (χ4n) is 1.24.